The van der Waals surface area contributed by atoms with Gasteiger partial charge < -0.3 is 14.8 Å². The Hall–Kier alpha value is -9.51. The van der Waals surface area contributed by atoms with Crippen LogP contribution in [0.4, 0.5) is 17.1 Å². The summed E-state index contributed by atoms with van der Waals surface area (Å²) in [5, 5.41) is 6.42. The predicted molar refractivity (Wildman–Crippen MR) is 303 cm³/mol. The summed E-state index contributed by atoms with van der Waals surface area (Å²) in [5.74, 6) is 0. The molecule has 2 heterocycles. The topological polar surface area (TPSA) is 32.6 Å². The molecule has 0 bridgehead atoms. The zero-order valence-electron chi connectivity index (χ0n) is 39.5. The molecule has 1 N–H and O–H groups in total. The summed E-state index contributed by atoms with van der Waals surface area (Å²) >= 11 is 0. The van der Waals surface area contributed by atoms with Crippen molar-refractivity contribution >= 4 is 61.7 Å². The fourth-order valence-electron chi connectivity index (χ4n) is 10.4. The standard InChI is InChI=1S/C68H48N4/c1-5-15-47(16-6-1)51-25-29-55(30-26-51)67-68(56-31-27-52(28-32-56)48-17-7-2-8-18-48)70-64-45-59(42-44-63(64)69-67)72-65-24-14-13-23-61(65)62-43-41-60(46-66(62)72)71(57-37-33-53(34-38-57)49-19-9-3-10-20-49)58-39-35-54(36-40-58)50-21-11-4-12-22-50/h1-46,64,70H. The van der Waals surface area contributed by atoms with Gasteiger partial charge in [0.1, 0.15) is 0 Å². The van der Waals surface area contributed by atoms with E-state index in [-0.39, 0.29) is 6.04 Å². The van der Waals surface area contributed by atoms with E-state index in [0.29, 0.717) is 0 Å². The van der Waals surface area contributed by atoms with Gasteiger partial charge in [0.05, 0.1) is 34.2 Å². The van der Waals surface area contributed by atoms with Gasteiger partial charge in [0.2, 0.25) is 0 Å². The Labute approximate surface area is 420 Å². The number of hydrogen-bond donors (Lipinski definition) is 1. The molecule has 0 spiro atoms. The van der Waals surface area contributed by atoms with Crippen molar-refractivity contribution < 1.29 is 0 Å². The van der Waals surface area contributed by atoms with Gasteiger partial charge in [-0.05, 0) is 111 Å². The Morgan fingerprint density at radius 1 is 0.347 bits per heavy atom. The lowest BCUT2D eigenvalue weighted by Crippen LogP contribution is -2.38. The maximum absolute atomic E-state index is 5.50. The van der Waals surface area contributed by atoms with Crippen LogP contribution >= 0.6 is 0 Å². The van der Waals surface area contributed by atoms with Crippen molar-refractivity contribution in [3.8, 4) is 44.5 Å². The first-order valence-corrected chi connectivity index (χ1v) is 24.6. The van der Waals surface area contributed by atoms with Crippen LogP contribution in [0, 0.1) is 0 Å². The Morgan fingerprint density at radius 3 is 1.26 bits per heavy atom. The van der Waals surface area contributed by atoms with E-state index in [1.807, 2.05) is 0 Å². The number of fused-ring (bicyclic) bond motifs is 4. The predicted octanol–water partition coefficient (Wildman–Crippen LogP) is 17.3. The maximum atomic E-state index is 5.50. The molecule has 10 aromatic carbocycles. The Kier molecular flexibility index (Phi) is 10.9. The lowest BCUT2D eigenvalue weighted by molar-refractivity contribution is 0.879. The fourth-order valence-corrected chi connectivity index (χ4v) is 10.4. The highest BCUT2D eigenvalue weighted by Crippen LogP contribution is 2.42. The zero-order valence-corrected chi connectivity index (χ0v) is 39.5. The van der Waals surface area contributed by atoms with Gasteiger partial charge in [0.15, 0.2) is 0 Å². The molecule has 0 saturated carbocycles. The van der Waals surface area contributed by atoms with E-state index in [9.17, 15) is 0 Å². The van der Waals surface area contributed by atoms with Crippen molar-refractivity contribution in [1.82, 2.24) is 9.88 Å². The molecule has 1 aliphatic heterocycles. The average Bonchev–Trinajstić information content (AvgIpc) is 3.80. The summed E-state index contributed by atoms with van der Waals surface area (Å²) in [4.78, 5) is 7.87. The largest absolute Gasteiger partial charge is 0.371 e. The van der Waals surface area contributed by atoms with Crippen LogP contribution < -0.4 is 10.2 Å². The highest BCUT2D eigenvalue weighted by molar-refractivity contribution is 6.15. The van der Waals surface area contributed by atoms with Crippen molar-refractivity contribution in [2.24, 2.45) is 4.99 Å². The van der Waals surface area contributed by atoms with Gasteiger partial charge in [-0.2, -0.15) is 0 Å². The molecule has 0 amide bonds. The summed E-state index contributed by atoms with van der Waals surface area (Å²) in [7, 11) is 0. The van der Waals surface area contributed by atoms with Crippen molar-refractivity contribution in [1.29, 1.82) is 0 Å². The number of benzene rings is 10. The minimum Gasteiger partial charge on any atom is -0.371 e. The van der Waals surface area contributed by atoms with Crippen LogP contribution in [0.2, 0.25) is 0 Å². The van der Waals surface area contributed by atoms with Crippen LogP contribution in [-0.4, -0.2) is 16.3 Å². The molecular formula is C68H48N4. The van der Waals surface area contributed by atoms with Crippen LogP contribution in [0.5, 0.6) is 0 Å². The maximum Gasteiger partial charge on any atom is 0.0944 e. The Bertz CT molecular complexity index is 3790. The van der Waals surface area contributed by atoms with Gasteiger partial charge in [0, 0.05) is 39.1 Å². The molecule has 340 valence electrons. The first kappa shape index (κ1) is 42.6. The number of rotatable bonds is 10. The van der Waals surface area contributed by atoms with Crippen molar-refractivity contribution in [2.45, 2.75) is 6.04 Å². The van der Waals surface area contributed by atoms with Crippen LogP contribution in [0.3, 0.4) is 0 Å². The molecule has 0 saturated heterocycles. The van der Waals surface area contributed by atoms with E-state index in [2.05, 4.69) is 294 Å². The lowest BCUT2D eigenvalue weighted by atomic mass is 9.95. The summed E-state index contributed by atoms with van der Waals surface area (Å²) in [6.45, 7) is 0. The average molecular weight is 921 g/mol. The third-order valence-corrected chi connectivity index (χ3v) is 14.0. The number of hydrogen-bond acceptors (Lipinski definition) is 3. The van der Waals surface area contributed by atoms with Crippen molar-refractivity contribution in [2.75, 3.05) is 4.90 Å². The third-order valence-electron chi connectivity index (χ3n) is 14.0. The van der Waals surface area contributed by atoms with Gasteiger partial charge in [-0.25, -0.2) is 4.99 Å². The summed E-state index contributed by atoms with van der Waals surface area (Å²) in [6, 6.07) is 93.3. The molecule has 1 aromatic heterocycles. The molecule has 0 radical (unpaired) electrons. The van der Waals surface area contributed by atoms with Gasteiger partial charge >= 0.3 is 0 Å². The molecule has 0 fully saturated rings. The second kappa shape index (κ2) is 18.4. The van der Waals surface area contributed by atoms with Gasteiger partial charge in [-0.15, -0.1) is 0 Å². The minimum atomic E-state index is -0.178. The first-order chi connectivity index (χ1) is 35.7. The zero-order chi connectivity index (χ0) is 47.8. The van der Waals surface area contributed by atoms with Gasteiger partial charge in [-0.1, -0.05) is 218 Å². The SMILES string of the molecule is C1=CC2=NC(c3ccc(-c4ccccc4)cc3)=C(c3ccc(-c4ccccc4)cc3)NC2C=C1n1c2ccccc2c2ccc(N(c3ccc(-c4ccccc4)cc3)c3ccc(-c4ccccc4)cc3)cc21. The molecule has 1 unspecified atom stereocenters. The van der Waals surface area contributed by atoms with Gasteiger partial charge in [0.25, 0.3) is 0 Å². The smallest absolute Gasteiger partial charge is 0.0944 e. The minimum absolute atomic E-state index is 0.178. The number of nitrogens with zero attached hydrogens (tertiary/aromatic N) is 3. The third kappa shape index (κ3) is 8.01. The molecule has 72 heavy (non-hydrogen) atoms. The van der Waals surface area contributed by atoms with Gasteiger partial charge in [-0.3, -0.25) is 0 Å². The van der Waals surface area contributed by atoms with Crippen LogP contribution in [0.1, 0.15) is 11.1 Å². The molecule has 4 heteroatoms. The normalized spacial score (nSPS) is 14.1. The molecule has 1 aliphatic carbocycles. The molecule has 13 rings (SSSR count). The van der Waals surface area contributed by atoms with E-state index >= 15 is 0 Å². The molecule has 1 atom stereocenters. The Balaban J connectivity index is 0.910. The summed E-state index contributed by atoms with van der Waals surface area (Å²) in [5.41, 5.74) is 21.1. The highest BCUT2D eigenvalue weighted by atomic mass is 15.1. The summed E-state index contributed by atoms with van der Waals surface area (Å²) in [6.07, 6.45) is 6.76. The Morgan fingerprint density at radius 2 is 0.750 bits per heavy atom. The molecule has 11 aromatic rings. The molecule has 4 nitrogen and oxygen atoms in total. The lowest BCUT2D eigenvalue weighted by Gasteiger charge is -2.30. The van der Waals surface area contributed by atoms with E-state index in [1.165, 1.54) is 55.3 Å². The van der Waals surface area contributed by atoms with Crippen LogP contribution in [0.15, 0.2) is 284 Å². The first-order valence-electron chi connectivity index (χ1n) is 24.6. The number of aromatic nitrogens is 1. The second-order valence-electron chi connectivity index (χ2n) is 18.4. The quantitative estimate of drug-likeness (QED) is 0.148. The molecular weight excluding hydrogens is 873 g/mol. The number of anilines is 3. The number of nitrogens with one attached hydrogen (secondary N) is 1. The van der Waals surface area contributed by atoms with Crippen molar-refractivity contribution in [3.63, 3.8) is 0 Å². The van der Waals surface area contributed by atoms with E-state index in [4.69, 9.17) is 4.99 Å². The van der Waals surface area contributed by atoms with E-state index in [1.54, 1.807) is 0 Å². The van der Waals surface area contributed by atoms with Crippen LogP contribution in [-0.2, 0) is 0 Å². The number of para-hydroxylation sites is 1. The fraction of sp³-hybridized carbons (Fsp3) is 0.0147. The molecule has 2 aliphatic rings. The number of allylic oxidation sites excluding steroid dienone is 2. The highest BCUT2D eigenvalue weighted by Gasteiger charge is 2.28. The second-order valence-corrected chi connectivity index (χ2v) is 18.4. The van der Waals surface area contributed by atoms with Crippen LogP contribution in [0.25, 0.3) is 83.4 Å². The van der Waals surface area contributed by atoms with E-state index < -0.39 is 0 Å². The van der Waals surface area contributed by atoms with E-state index in [0.717, 1.165) is 62.0 Å². The summed E-state index contributed by atoms with van der Waals surface area (Å²) < 4.78 is 2.42. The van der Waals surface area contributed by atoms with Crippen molar-refractivity contribution in [3.05, 3.63) is 290 Å². The monoisotopic (exact) mass is 920 g/mol. The number of aliphatic imine (C=N–C) groups is 1.